The SMILES string of the molecule is CC(C1CC1)n1c(=S)[nH]c2sc3c(c2c1=O)CCC3. The van der Waals surface area contributed by atoms with Crippen LogP contribution in [0.5, 0.6) is 0 Å². The molecule has 0 aromatic carbocycles. The van der Waals surface area contributed by atoms with Crippen LogP contribution in [0.1, 0.15) is 42.7 Å². The fourth-order valence-corrected chi connectivity index (χ4v) is 4.94. The van der Waals surface area contributed by atoms with Gasteiger partial charge in [-0.15, -0.1) is 11.3 Å². The highest BCUT2D eigenvalue weighted by molar-refractivity contribution is 7.71. The zero-order chi connectivity index (χ0) is 13.1. The van der Waals surface area contributed by atoms with Crippen LogP contribution in [0.2, 0.25) is 0 Å². The summed E-state index contributed by atoms with van der Waals surface area (Å²) in [6.07, 6.45) is 5.80. The molecule has 3 nitrogen and oxygen atoms in total. The van der Waals surface area contributed by atoms with E-state index >= 15 is 0 Å². The van der Waals surface area contributed by atoms with Crippen molar-refractivity contribution in [1.29, 1.82) is 0 Å². The van der Waals surface area contributed by atoms with E-state index in [-0.39, 0.29) is 11.6 Å². The summed E-state index contributed by atoms with van der Waals surface area (Å²) in [5.74, 6) is 0.636. The highest BCUT2D eigenvalue weighted by atomic mass is 32.1. The Kier molecular flexibility index (Phi) is 2.51. The fraction of sp³-hybridized carbons (Fsp3) is 0.571. The summed E-state index contributed by atoms with van der Waals surface area (Å²) in [4.78, 5) is 18.5. The average molecular weight is 292 g/mol. The Morgan fingerprint density at radius 3 is 2.95 bits per heavy atom. The zero-order valence-corrected chi connectivity index (χ0v) is 12.5. The Hall–Kier alpha value is -0.940. The third-order valence-corrected chi connectivity index (χ3v) is 6.01. The molecule has 0 saturated heterocycles. The van der Waals surface area contributed by atoms with Crippen molar-refractivity contribution in [2.24, 2.45) is 5.92 Å². The van der Waals surface area contributed by atoms with Gasteiger partial charge in [-0.1, -0.05) is 0 Å². The minimum absolute atomic E-state index is 0.137. The number of aromatic nitrogens is 2. The van der Waals surface area contributed by atoms with Gasteiger partial charge in [-0.3, -0.25) is 9.36 Å². The molecule has 0 aliphatic heterocycles. The van der Waals surface area contributed by atoms with E-state index in [2.05, 4.69) is 11.9 Å². The van der Waals surface area contributed by atoms with Crippen molar-refractivity contribution in [1.82, 2.24) is 9.55 Å². The first-order chi connectivity index (χ1) is 9.16. The molecule has 2 aromatic heterocycles. The number of nitrogens with zero attached hydrogens (tertiary/aromatic N) is 1. The van der Waals surface area contributed by atoms with Crippen LogP contribution in [0, 0.1) is 10.7 Å². The lowest BCUT2D eigenvalue weighted by atomic mass is 10.2. The standard InChI is InChI=1S/C14H16N2OS2/c1-7(8-5-6-8)16-13(17)11-9-3-2-4-10(9)19-12(11)15-14(16)18/h7-8H,2-6H2,1H3,(H,15,18). The van der Waals surface area contributed by atoms with E-state index < -0.39 is 0 Å². The maximum absolute atomic E-state index is 12.8. The summed E-state index contributed by atoms with van der Waals surface area (Å²) in [7, 11) is 0. The highest BCUT2D eigenvalue weighted by Gasteiger charge is 2.31. The molecule has 0 radical (unpaired) electrons. The predicted molar refractivity (Wildman–Crippen MR) is 80.7 cm³/mol. The second-order valence-corrected chi connectivity index (χ2v) is 7.24. The van der Waals surface area contributed by atoms with E-state index in [1.165, 1.54) is 29.7 Å². The van der Waals surface area contributed by atoms with Crippen molar-refractivity contribution in [2.75, 3.05) is 0 Å². The Balaban J connectivity index is 2.04. The smallest absolute Gasteiger partial charge is 0.263 e. The van der Waals surface area contributed by atoms with Gasteiger partial charge in [0.25, 0.3) is 5.56 Å². The van der Waals surface area contributed by atoms with E-state index in [1.54, 1.807) is 11.3 Å². The van der Waals surface area contributed by atoms with Crippen molar-refractivity contribution in [3.8, 4) is 0 Å². The number of thiophene rings is 1. The number of rotatable bonds is 2. The molecule has 1 saturated carbocycles. The molecule has 1 unspecified atom stereocenters. The van der Waals surface area contributed by atoms with Gasteiger partial charge < -0.3 is 4.98 Å². The van der Waals surface area contributed by atoms with E-state index in [0.717, 1.165) is 23.1 Å². The minimum atomic E-state index is 0.137. The van der Waals surface area contributed by atoms with Crippen LogP contribution in [0.25, 0.3) is 10.2 Å². The number of H-pyrrole nitrogens is 1. The molecule has 0 spiro atoms. The molecule has 2 aliphatic rings. The lowest BCUT2D eigenvalue weighted by molar-refractivity contribution is 0.463. The summed E-state index contributed by atoms with van der Waals surface area (Å²) in [6.45, 7) is 2.13. The number of hydrogen-bond donors (Lipinski definition) is 1. The lowest BCUT2D eigenvalue weighted by Crippen LogP contribution is -2.26. The molecule has 0 bridgehead atoms. The van der Waals surface area contributed by atoms with Gasteiger partial charge >= 0.3 is 0 Å². The van der Waals surface area contributed by atoms with Crippen molar-refractivity contribution in [3.05, 3.63) is 25.6 Å². The second kappa shape index (κ2) is 4.03. The molecule has 1 fully saturated rings. The van der Waals surface area contributed by atoms with E-state index in [0.29, 0.717) is 10.7 Å². The Labute approximate surface area is 120 Å². The molecule has 2 aliphatic carbocycles. The first-order valence-corrected chi connectivity index (χ1v) is 8.18. The van der Waals surface area contributed by atoms with Crippen LogP contribution < -0.4 is 5.56 Å². The maximum Gasteiger partial charge on any atom is 0.263 e. The minimum Gasteiger partial charge on any atom is -0.323 e. The summed E-state index contributed by atoms with van der Waals surface area (Å²) in [6, 6.07) is 0.234. The van der Waals surface area contributed by atoms with Gasteiger partial charge in [-0.2, -0.15) is 0 Å². The van der Waals surface area contributed by atoms with Gasteiger partial charge in [0.1, 0.15) is 4.83 Å². The lowest BCUT2D eigenvalue weighted by Gasteiger charge is -2.14. The topological polar surface area (TPSA) is 37.8 Å². The van der Waals surface area contributed by atoms with Crippen LogP contribution in [-0.4, -0.2) is 9.55 Å². The normalized spacial score (nSPS) is 19.8. The largest absolute Gasteiger partial charge is 0.323 e. The second-order valence-electron chi connectivity index (χ2n) is 5.74. The molecule has 19 heavy (non-hydrogen) atoms. The van der Waals surface area contributed by atoms with Crippen LogP contribution in [0.4, 0.5) is 0 Å². The molecule has 1 N–H and O–H groups in total. The maximum atomic E-state index is 12.8. The van der Waals surface area contributed by atoms with Gasteiger partial charge in [0.2, 0.25) is 0 Å². The Morgan fingerprint density at radius 2 is 2.21 bits per heavy atom. The fourth-order valence-electron chi connectivity index (χ4n) is 3.25. The van der Waals surface area contributed by atoms with Crippen molar-refractivity contribution >= 4 is 33.8 Å². The Bertz CT molecular complexity index is 779. The molecular formula is C14H16N2OS2. The zero-order valence-electron chi connectivity index (χ0n) is 10.9. The van der Waals surface area contributed by atoms with Crippen molar-refractivity contribution < 1.29 is 0 Å². The number of fused-ring (bicyclic) bond motifs is 3. The number of aromatic amines is 1. The summed E-state index contributed by atoms with van der Waals surface area (Å²) in [5, 5.41) is 0.915. The summed E-state index contributed by atoms with van der Waals surface area (Å²) in [5.41, 5.74) is 1.42. The summed E-state index contributed by atoms with van der Waals surface area (Å²) < 4.78 is 2.41. The van der Waals surface area contributed by atoms with Crippen molar-refractivity contribution in [2.45, 2.75) is 45.1 Å². The predicted octanol–water partition coefficient (Wildman–Crippen LogP) is 3.58. The quantitative estimate of drug-likeness (QED) is 0.859. The van der Waals surface area contributed by atoms with Gasteiger partial charge in [0, 0.05) is 10.9 Å². The van der Waals surface area contributed by atoms with Gasteiger partial charge in [0.15, 0.2) is 4.77 Å². The number of nitrogens with one attached hydrogen (secondary N) is 1. The molecule has 0 amide bonds. The summed E-state index contributed by atoms with van der Waals surface area (Å²) >= 11 is 7.13. The van der Waals surface area contributed by atoms with Gasteiger partial charge in [0.05, 0.1) is 5.39 Å². The van der Waals surface area contributed by atoms with Crippen LogP contribution in [0.15, 0.2) is 4.79 Å². The molecule has 100 valence electrons. The third kappa shape index (κ3) is 1.68. The third-order valence-electron chi connectivity index (χ3n) is 4.50. The molecule has 4 rings (SSSR count). The average Bonchev–Trinajstić information content (AvgIpc) is 3.01. The molecular weight excluding hydrogens is 276 g/mol. The van der Waals surface area contributed by atoms with E-state index in [9.17, 15) is 4.79 Å². The van der Waals surface area contributed by atoms with E-state index in [4.69, 9.17) is 12.2 Å². The van der Waals surface area contributed by atoms with Crippen LogP contribution in [-0.2, 0) is 12.8 Å². The van der Waals surface area contributed by atoms with Gasteiger partial charge in [-0.25, -0.2) is 0 Å². The van der Waals surface area contributed by atoms with Crippen LogP contribution in [0.3, 0.4) is 0 Å². The van der Waals surface area contributed by atoms with Crippen LogP contribution >= 0.6 is 23.6 Å². The van der Waals surface area contributed by atoms with E-state index in [1.807, 2.05) is 4.57 Å². The molecule has 1 atom stereocenters. The highest BCUT2D eigenvalue weighted by Crippen LogP contribution is 2.40. The van der Waals surface area contributed by atoms with Gasteiger partial charge in [-0.05, 0) is 62.7 Å². The first-order valence-electron chi connectivity index (χ1n) is 6.96. The monoisotopic (exact) mass is 292 g/mol. The van der Waals surface area contributed by atoms with Crippen molar-refractivity contribution in [3.63, 3.8) is 0 Å². The first kappa shape index (κ1) is 11.9. The number of aryl methyl sites for hydroxylation is 2. The Morgan fingerprint density at radius 1 is 1.42 bits per heavy atom. The molecule has 2 aromatic rings. The molecule has 5 heteroatoms. The molecule has 2 heterocycles. The number of hydrogen-bond acceptors (Lipinski definition) is 3.